The summed E-state index contributed by atoms with van der Waals surface area (Å²) in [5.41, 5.74) is 0. The number of thiazole rings is 1. The molecule has 0 unspecified atom stereocenters. The van der Waals surface area contributed by atoms with Gasteiger partial charge in [0.2, 0.25) is 5.88 Å². The molecule has 0 radical (unpaired) electrons. The van der Waals surface area contributed by atoms with Gasteiger partial charge in [-0.1, -0.05) is 12.0 Å². The molecule has 0 spiro atoms. The number of amides is 2. The molecule has 1 atom stereocenters. The number of urea groups is 1. The summed E-state index contributed by atoms with van der Waals surface area (Å²) in [5.74, 6) is 8.16. The Hall–Kier alpha value is -2.63. The summed E-state index contributed by atoms with van der Waals surface area (Å²) < 4.78 is 5.81. The molecule has 0 aromatic carbocycles. The minimum absolute atomic E-state index is 0.396. The minimum atomic E-state index is -0.396. The first-order valence-electron chi connectivity index (χ1n) is 9.51. The van der Waals surface area contributed by atoms with Gasteiger partial charge in [0.25, 0.3) is 0 Å². The predicted molar refractivity (Wildman–Crippen MR) is 110 cm³/mol. The van der Waals surface area contributed by atoms with Crippen molar-refractivity contribution in [3.63, 3.8) is 0 Å². The summed E-state index contributed by atoms with van der Waals surface area (Å²) in [6, 6.07) is 5.35. The van der Waals surface area contributed by atoms with E-state index in [2.05, 4.69) is 44.4 Å². The number of likely N-dealkylation sites (N-methyl/N-ethyl adjacent to an activating group) is 1. The zero-order chi connectivity index (χ0) is 19.3. The molecule has 2 aromatic rings. The van der Waals surface area contributed by atoms with Crippen molar-refractivity contribution in [3.8, 4) is 17.7 Å². The normalized spacial score (nSPS) is 19.0. The van der Waals surface area contributed by atoms with Gasteiger partial charge in [0, 0.05) is 23.4 Å². The molecular formula is C20H23N5O2S. The van der Waals surface area contributed by atoms with Gasteiger partial charge < -0.3 is 9.64 Å². The van der Waals surface area contributed by atoms with Crippen molar-refractivity contribution in [3.05, 3.63) is 28.6 Å². The van der Waals surface area contributed by atoms with Gasteiger partial charge >= 0.3 is 6.03 Å². The van der Waals surface area contributed by atoms with E-state index in [9.17, 15) is 4.79 Å². The summed E-state index contributed by atoms with van der Waals surface area (Å²) in [7, 11) is 2.11. The molecule has 28 heavy (non-hydrogen) atoms. The Morgan fingerprint density at radius 1 is 1.29 bits per heavy atom. The first-order valence-corrected chi connectivity index (χ1v) is 10.4. The molecule has 1 saturated carbocycles. The van der Waals surface area contributed by atoms with Crippen LogP contribution in [0.3, 0.4) is 0 Å². The van der Waals surface area contributed by atoms with E-state index in [4.69, 9.17) is 4.74 Å². The van der Waals surface area contributed by atoms with E-state index in [1.54, 1.807) is 17.5 Å². The average Bonchev–Trinajstić information content (AvgIpc) is 3.26. The summed E-state index contributed by atoms with van der Waals surface area (Å²) in [4.78, 5) is 23.2. The fourth-order valence-electron chi connectivity index (χ4n) is 2.98. The lowest BCUT2D eigenvalue weighted by Gasteiger charge is -2.19. The summed E-state index contributed by atoms with van der Waals surface area (Å²) >= 11 is 1.42. The van der Waals surface area contributed by atoms with Crippen LogP contribution >= 0.6 is 11.3 Å². The van der Waals surface area contributed by atoms with E-state index >= 15 is 0 Å². The highest BCUT2D eigenvalue weighted by atomic mass is 32.1. The van der Waals surface area contributed by atoms with Gasteiger partial charge in [-0.3, -0.25) is 10.6 Å². The van der Waals surface area contributed by atoms with Crippen molar-refractivity contribution in [2.75, 3.05) is 30.8 Å². The molecule has 1 saturated heterocycles. The molecule has 0 bridgehead atoms. The molecule has 2 N–H and O–H groups in total. The molecule has 7 nitrogen and oxygen atoms in total. The molecule has 146 valence electrons. The van der Waals surface area contributed by atoms with Crippen LogP contribution in [0.4, 0.5) is 16.4 Å². The van der Waals surface area contributed by atoms with E-state index < -0.39 is 6.03 Å². The van der Waals surface area contributed by atoms with Crippen LogP contribution in [-0.4, -0.2) is 47.1 Å². The zero-order valence-corrected chi connectivity index (χ0v) is 16.6. The maximum absolute atomic E-state index is 12.2. The number of anilines is 2. The van der Waals surface area contributed by atoms with Crippen LogP contribution in [-0.2, 0) is 0 Å². The van der Waals surface area contributed by atoms with Crippen LogP contribution in [0.15, 0.2) is 23.6 Å². The van der Waals surface area contributed by atoms with Gasteiger partial charge in [0.1, 0.15) is 18.2 Å². The summed E-state index contributed by atoms with van der Waals surface area (Å²) in [6.45, 7) is 1.70. The Labute approximate surface area is 168 Å². The molecule has 1 aliphatic carbocycles. The second-order valence-electron chi connectivity index (χ2n) is 7.11. The first kappa shape index (κ1) is 18.7. The number of hydrogen-bond donors (Lipinski definition) is 2. The number of pyridine rings is 1. The number of nitrogens with zero attached hydrogens (tertiary/aromatic N) is 3. The van der Waals surface area contributed by atoms with E-state index in [-0.39, 0.29) is 0 Å². The lowest BCUT2D eigenvalue weighted by molar-refractivity contribution is 0.193. The van der Waals surface area contributed by atoms with Crippen molar-refractivity contribution in [2.24, 2.45) is 5.92 Å². The van der Waals surface area contributed by atoms with Gasteiger partial charge in [-0.25, -0.2) is 9.78 Å². The standard InChI is InChI=1S/C20H23N5O2S/c1-25-11-3-4-15(25)12-27-18-6-2-5-16(21-18)23-20(26)24-17-13-28-19(22-17)10-9-14-7-8-14/h2,5-6,13-15H,3-4,7-8,11-12H2,1H3,(H2,21,23,24,26)/t15-/m0/s1. The van der Waals surface area contributed by atoms with E-state index in [0.717, 1.165) is 13.0 Å². The number of hydrogen-bond acceptors (Lipinski definition) is 6. The Balaban J connectivity index is 1.28. The first-order chi connectivity index (χ1) is 13.7. The van der Waals surface area contributed by atoms with Crippen LogP contribution in [0.2, 0.25) is 0 Å². The van der Waals surface area contributed by atoms with Crippen molar-refractivity contribution < 1.29 is 9.53 Å². The number of carbonyl (C=O) groups is 1. The van der Waals surface area contributed by atoms with Crippen LogP contribution in [0.25, 0.3) is 0 Å². The molecule has 4 rings (SSSR count). The predicted octanol–water partition coefficient (Wildman–Crippen LogP) is 3.42. The fraction of sp³-hybridized carbons (Fsp3) is 0.450. The highest BCUT2D eigenvalue weighted by Crippen LogP contribution is 2.27. The Bertz CT molecular complexity index is 899. The highest BCUT2D eigenvalue weighted by Gasteiger charge is 2.21. The number of nitrogens with one attached hydrogen (secondary N) is 2. The van der Waals surface area contributed by atoms with Crippen molar-refractivity contribution in [1.82, 2.24) is 14.9 Å². The molecule has 2 fully saturated rings. The van der Waals surface area contributed by atoms with Crippen LogP contribution in [0.1, 0.15) is 30.7 Å². The monoisotopic (exact) mass is 397 g/mol. The fourth-order valence-corrected chi connectivity index (χ4v) is 3.58. The smallest absolute Gasteiger partial charge is 0.326 e. The Morgan fingerprint density at radius 3 is 2.93 bits per heavy atom. The second kappa shape index (κ2) is 8.59. The third-order valence-electron chi connectivity index (χ3n) is 4.77. The number of likely N-dealkylation sites (tertiary alicyclic amines) is 1. The Kier molecular flexibility index (Phi) is 5.74. The number of rotatable bonds is 5. The molecule has 1 aliphatic heterocycles. The molecule has 3 heterocycles. The van der Waals surface area contributed by atoms with E-state index in [1.807, 2.05) is 6.07 Å². The largest absolute Gasteiger partial charge is 0.476 e. The zero-order valence-electron chi connectivity index (χ0n) is 15.8. The van der Waals surface area contributed by atoms with Gasteiger partial charge in [-0.05, 0) is 51.3 Å². The minimum Gasteiger partial charge on any atom is -0.476 e. The lowest BCUT2D eigenvalue weighted by Crippen LogP contribution is -2.30. The maximum atomic E-state index is 12.2. The van der Waals surface area contributed by atoms with Crippen LogP contribution in [0.5, 0.6) is 5.88 Å². The van der Waals surface area contributed by atoms with E-state index in [0.29, 0.717) is 41.1 Å². The SMILES string of the molecule is CN1CCC[C@H]1COc1cccc(NC(=O)Nc2csc(C#CC3CC3)n2)n1. The van der Waals surface area contributed by atoms with Crippen LogP contribution in [0, 0.1) is 17.8 Å². The Morgan fingerprint density at radius 2 is 2.14 bits per heavy atom. The molecule has 2 aromatic heterocycles. The molecule has 2 aliphatic rings. The highest BCUT2D eigenvalue weighted by molar-refractivity contribution is 7.10. The third kappa shape index (κ3) is 5.21. The van der Waals surface area contributed by atoms with Crippen molar-refractivity contribution in [2.45, 2.75) is 31.7 Å². The van der Waals surface area contributed by atoms with Crippen LogP contribution < -0.4 is 15.4 Å². The van der Waals surface area contributed by atoms with Gasteiger partial charge in [0.15, 0.2) is 5.01 Å². The van der Waals surface area contributed by atoms with Crippen molar-refractivity contribution >= 4 is 29.0 Å². The number of aromatic nitrogens is 2. The summed E-state index contributed by atoms with van der Waals surface area (Å²) in [5, 5.41) is 7.92. The second-order valence-corrected chi connectivity index (χ2v) is 7.97. The van der Waals surface area contributed by atoms with Gasteiger partial charge in [-0.2, -0.15) is 4.98 Å². The number of ether oxygens (including phenoxy) is 1. The molecule has 8 heteroatoms. The van der Waals surface area contributed by atoms with Gasteiger partial charge in [-0.15, -0.1) is 11.3 Å². The molecule has 2 amide bonds. The maximum Gasteiger partial charge on any atom is 0.326 e. The third-order valence-corrected chi connectivity index (χ3v) is 5.52. The lowest BCUT2D eigenvalue weighted by atomic mass is 10.2. The summed E-state index contributed by atoms with van der Waals surface area (Å²) in [6.07, 6.45) is 4.69. The number of carbonyl (C=O) groups excluding carboxylic acids is 1. The van der Waals surface area contributed by atoms with E-state index in [1.165, 1.54) is 30.6 Å². The topological polar surface area (TPSA) is 79.4 Å². The average molecular weight is 398 g/mol. The van der Waals surface area contributed by atoms with Gasteiger partial charge in [0.05, 0.1) is 0 Å². The van der Waals surface area contributed by atoms with Crippen molar-refractivity contribution in [1.29, 1.82) is 0 Å². The quantitative estimate of drug-likeness (QED) is 0.756. The molecular weight excluding hydrogens is 374 g/mol.